The number of rotatable bonds is 3. The fraction of sp³-hybridized carbons (Fsp3) is 0.385. The number of carboxylic acids is 1. The Morgan fingerprint density at radius 2 is 1.76 bits per heavy atom. The number of anilines is 1. The van der Waals surface area contributed by atoms with Gasteiger partial charge in [-0.3, -0.25) is 19.3 Å². The van der Waals surface area contributed by atoms with Gasteiger partial charge in [-0.25, -0.2) is 4.79 Å². The number of aromatic hydroxyl groups is 1. The number of phenolic OH excluding ortho intramolecular Hbond substituents is 1. The number of likely N-dealkylation sites (N-methyl/N-ethyl adjacent to an activating group) is 1. The molecule has 0 saturated heterocycles. The molecule has 0 saturated carbocycles. The van der Waals surface area contributed by atoms with E-state index in [0.717, 1.165) is 0 Å². The number of carbonyl (C=O) groups excluding carboxylic acids is 3. The first-order chi connectivity index (χ1) is 17.6. The van der Waals surface area contributed by atoms with Gasteiger partial charge < -0.3 is 36.2 Å². The van der Waals surface area contributed by atoms with Crippen molar-refractivity contribution in [2.24, 2.45) is 17.6 Å². The van der Waals surface area contributed by atoms with Gasteiger partial charge in [-0.15, -0.1) is 0 Å². The number of amides is 1. The van der Waals surface area contributed by atoms with Crippen LogP contribution in [0.4, 0.5) is 5.69 Å². The molecule has 0 aromatic heterocycles. The lowest BCUT2D eigenvalue weighted by atomic mass is 9.58. The molecule has 12 nitrogen and oxygen atoms in total. The van der Waals surface area contributed by atoms with Gasteiger partial charge in [0.25, 0.3) is 5.91 Å². The van der Waals surface area contributed by atoms with Crippen LogP contribution in [0.25, 0.3) is 0 Å². The molecule has 1 amide bonds. The number of carbonyl (C=O) groups is 4. The fourth-order valence-electron chi connectivity index (χ4n) is 5.91. The third-order valence-corrected chi connectivity index (χ3v) is 7.48. The van der Waals surface area contributed by atoms with E-state index in [1.54, 1.807) is 33.1 Å². The van der Waals surface area contributed by atoms with Crippen molar-refractivity contribution >= 4 is 29.1 Å². The number of benzene rings is 1. The van der Waals surface area contributed by atoms with E-state index in [-0.39, 0.29) is 29.5 Å². The van der Waals surface area contributed by atoms with Crippen LogP contribution in [-0.2, 0) is 20.8 Å². The minimum Gasteiger partial charge on any atom is -0.510 e. The average molecular weight is 526 g/mol. The van der Waals surface area contributed by atoms with Crippen LogP contribution in [-0.4, -0.2) is 93.7 Å². The quantitative estimate of drug-likeness (QED) is 0.222. The van der Waals surface area contributed by atoms with Gasteiger partial charge in [0, 0.05) is 37.2 Å². The summed E-state index contributed by atoms with van der Waals surface area (Å²) in [6.07, 6.45) is 0.0578. The van der Waals surface area contributed by atoms with E-state index in [1.165, 1.54) is 11.0 Å². The maximum atomic E-state index is 13.8. The number of phenols is 1. The van der Waals surface area contributed by atoms with Gasteiger partial charge in [0.05, 0.1) is 17.2 Å². The maximum Gasteiger partial charge on any atom is 0.382 e. The number of aliphatic hydroxyl groups excluding tert-OH is 2. The van der Waals surface area contributed by atoms with Crippen LogP contribution in [0.1, 0.15) is 27.9 Å². The summed E-state index contributed by atoms with van der Waals surface area (Å²) < 4.78 is 0. The van der Waals surface area contributed by atoms with Gasteiger partial charge in [-0.2, -0.15) is 0 Å². The van der Waals surface area contributed by atoms with Gasteiger partial charge in [0.1, 0.15) is 22.8 Å². The van der Waals surface area contributed by atoms with Crippen LogP contribution in [0.2, 0.25) is 0 Å². The fourth-order valence-corrected chi connectivity index (χ4v) is 5.91. The van der Waals surface area contributed by atoms with Crippen molar-refractivity contribution in [2.45, 2.75) is 24.5 Å². The number of nitrogens with two attached hydrogens (primary N) is 1. The molecule has 0 heterocycles. The molecular weight excluding hydrogens is 498 g/mol. The molecule has 38 heavy (non-hydrogen) atoms. The number of primary amides is 1. The van der Waals surface area contributed by atoms with Crippen molar-refractivity contribution in [3.8, 4) is 17.6 Å². The number of fused-ring (bicyclic) bond motifs is 3. The first kappa shape index (κ1) is 26.7. The van der Waals surface area contributed by atoms with Gasteiger partial charge >= 0.3 is 5.97 Å². The largest absolute Gasteiger partial charge is 0.510 e. The molecule has 0 fully saturated rings. The molecule has 0 bridgehead atoms. The lowest BCUT2D eigenvalue weighted by Crippen LogP contribution is -2.63. The minimum atomic E-state index is -2.74. The van der Waals surface area contributed by atoms with Crippen molar-refractivity contribution < 1.29 is 44.7 Å². The second-order valence-electron chi connectivity index (χ2n) is 10.1. The smallest absolute Gasteiger partial charge is 0.382 e. The third kappa shape index (κ3) is 3.62. The summed E-state index contributed by atoms with van der Waals surface area (Å²) in [4.78, 5) is 53.3. The highest BCUT2D eigenvalue weighted by atomic mass is 16.4. The molecule has 0 unspecified atom stereocenters. The van der Waals surface area contributed by atoms with E-state index in [1.807, 2.05) is 5.92 Å². The molecule has 1 aromatic rings. The SMILES string of the molecule is CN(C)c1cc(C#CC(=O)O)c(O)c2c1C[C@H]1C[C@H]3[C@H](N(C)C)C(O)=C(C(N)=O)C(=O)[C@@]3(O)C(O)=C1C2=O. The number of hydrogen-bond donors (Lipinski definition) is 6. The average Bonchev–Trinajstić information content (AvgIpc) is 2.80. The lowest BCUT2D eigenvalue weighted by molar-refractivity contribution is -0.148. The summed E-state index contributed by atoms with van der Waals surface area (Å²) in [6.45, 7) is 0. The van der Waals surface area contributed by atoms with E-state index in [2.05, 4.69) is 5.92 Å². The lowest BCUT2D eigenvalue weighted by Gasteiger charge is -2.50. The number of aliphatic hydroxyl groups is 3. The summed E-state index contributed by atoms with van der Waals surface area (Å²) in [6, 6.07) is 0.363. The number of Topliss-reactive ketones (excluding diaryl/α,β-unsaturated/α-hetero) is 2. The summed E-state index contributed by atoms with van der Waals surface area (Å²) in [5, 5.41) is 53.7. The van der Waals surface area contributed by atoms with Crippen molar-refractivity contribution in [1.82, 2.24) is 4.90 Å². The van der Waals surface area contributed by atoms with Crippen LogP contribution in [0, 0.1) is 23.7 Å². The van der Waals surface area contributed by atoms with Gasteiger partial charge in [0.2, 0.25) is 5.78 Å². The number of carboxylic acid groups (broad SMARTS) is 1. The number of nitrogens with zero attached hydrogens (tertiary/aromatic N) is 2. The normalized spacial score (nSPS) is 26.3. The highest BCUT2D eigenvalue weighted by molar-refractivity contribution is 6.25. The molecular formula is C26H27N3O9. The highest BCUT2D eigenvalue weighted by Gasteiger charge is 2.63. The molecule has 4 atom stereocenters. The molecule has 3 aliphatic carbocycles. The third-order valence-electron chi connectivity index (χ3n) is 7.48. The van der Waals surface area contributed by atoms with Gasteiger partial charge in [-0.1, -0.05) is 5.92 Å². The first-order valence-corrected chi connectivity index (χ1v) is 11.6. The van der Waals surface area contributed by atoms with Crippen molar-refractivity contribution in [1.29, 1.82) is 0 Å². The number of ketones is 2. The molecule has 7 N–H and O–H groups in total. The Labute approximate surface area is 217 Å². The zero-order valence-electron chi connectivity index (χ0n) is 21.1. The van der Waals surface area contributed by atoms with Crippen LogP contribution in [0.5, 0.6) is 5.75 Å². The second-order valence-corrected chi connectivity index (χ2v) is 10.1. The van der Waals surface area contributed by atoms with E-state index >= 15 is 0 Å². The molecule has 3 aliphatic rings. The zero-order chi connectivity index (χ0) is 28.4. The Balaban J connectivity index is 2.00. The zero-order valence-corrected chi connectivity index (χ0v) is 21.1. The van der Waals surface area contributed by atoms with Crippen molar-refractivity contribution in [2.75, 3.05) is 33.1 Å². The first-order valence-electron chi connectivity index (χ1n) is 11.6. The summed E-state index contributed by atoms with van der Waals surface area (Å²) in [5.74, 6) is -4.85. The maximum absolute atomic E-state index is 13.8. The van der Waals surface area contributed by atoms with Crippen molar-refractivity contribution in [3.63, 3.8) is 0 Å². The molecule has 200 valence electrons. The minimum absolute atomic E-state index is 0.0417. The van der Waals surface area contributed by atoms with E-state index in [4.69, 9.17) is 10.8 Å². The van der Waals surface area contributed by atoms with Crippen molar-refractivity contribution in [3.05, 3.63) is 45.4 Å². The van der Waals surface area contributed by atoms with Gasteiger partial charge in [-0.05, 0) is 44.5 Å². The molecule has 12 heteroatoms. The summed E-state index contributed by atoms with van der Waals surface area (Å²) in [7, 11) is 6.47. The van der Waals surface area contributed by atoms with Crippen LogP contribution in [0.3, 0.4) is 0 Å². The Morgan fingerprint density at radius 3 is 2.29 bits per heavy atom. The molecule has 0 radical (unpaired) electrons. The standard InChI is InChI=1S/C26H27N3O9/c1-28(2)14-9-10(5-6-15(30)31)20(32)17-12(14)7-11-8-13-19(29(3)4)22(34)18(25(27)37)24(36)26(13,38)23(35)16(11)21(17)33/h9,11,13,19,32,34-35,38H,7-8H2,1-4H3,(H2,27,37)(H,30,31)/t11-,13-,19-,26-/m0/s1. The molecule has 4 rings (SSSR count). The highest BCUT2D eigenvalue weighted by Crippen LogP contribution is 2.53. The Bertz CT molecular complexity index is 1440. The molecule has 0 spiro atoms. The summed E-state index contributed by atoms with van der Waals surface area (Å²) >= 11 is 0. The Kier molecular flexibility index (Phi) is 6.25. The number of aliphatic carboxylic acids is 1. The predicted molar refractivity (Wildman–Crippen MR) is 133 cm³/mol. The predicted octanol–water partition coefficient (Wildman–Crippen LogP) is -0.377. The number of allylic oxidation sites excluding steroid dienone is 1. The molecule has 1 aromatic carbocycles. The van der Waals surface area contributed by atoms with E-state index < -0.39 is 69.8 Å². The van der Waals surface area contributed by atoms with Crippen LogP contribution in [0.15, 0.2) is 28.7 Å². The van der Waals surface area contributed by atoms with Crippen LogP contribution >= 0.6 is 0 Å². The van der Waals surface area contributed by atoms with E-state index in [0.29, 0.717) is 11.3 Å². The van der Waals surface area contributed by atoms with Gasteiger partial charge in [0.15, 0.2) is 11.4 Å². The van der Waals surface area contributed by atoms with Crippen LogP contribution < -0.4 is 10.6 Å². The Hall–Kier alpha value is -4.34. The van der Waals surface area contributed by atoms with E-state index in [9.17, 15) is 39.6 Å². The Morgan fingerprint density at radius 1 is 1.13 bits per heavy atom. The second kappa shape index (κ2) is 8.90. The summed E-state index contributed by atoms with van der Waals surface area (Å²) in [5.41, 5.74) is 1.88. The number of hydrogen-bond acceptors (Lipinski definition) is 10. The topological polar surface area (TPSA) is 202 Å². The molecule has 0 aliphatic heterocycles. The monoisotopic (exact) mass is 525 g/mol.